The number of carbonyl (C=O) groups is 1. The second-order valence-electron chi connectivity index (χ2n) is 4.63. The highest BCUT2D eigenvalue weighted by Crippen LogP contribution is 2.30. The third-order valence-corrected chi connectivity index (χ3v) is 3.42. The number of rotatable bonds is 5. The quantitative estimate of drug-likeness (QED) is 0.767. The minimum Gasteiger partial charge on any atom is -0.459 e. The molecular weight excluding hydrogens is 244 g/mol. The molecule has 4 nitrogen and oxygen atoms in total. The molecule has 1 aromatic carbocycles. The number of hydrogen-bond donors (Lipinski definition) is 0. The third kappa shape index (κ3) is 3.33. The van der Waals surface area contributed by atoms with Crippen LogP contribution in [0.2, 0.25) is 0 Å². The molecule has 0 spiro atoms. The molecule has 104 valence electrons. The van der Waals surface area contributed by atoms with Gasteiger partial charge in [0.25, 0.3) is 0 Å². The standard InChI is InChI=1S/C15H20O4/c1-3-15(4-2)18-11-13(19-15)14(16)17-10-12-8-6-5-7-9-12/h5-9,13H,3-4,10-11H2,1-2H3. The fraction of sp³-hybridized carbons (Fsp3) is 0.533. The lowest BCUT2D eigenvalue weighted by Crippen LogP contribution is -2.32. The Bertz CT molecular complexity index is 411. The van der Waals surface area contributed by atoms with Gasteiger partial charge in [-0.1, -0.05) is 44.2 Å². The van der Waals surface area contributed by atoms with Crippen LogP contribution in [0.25, 0.3) is 0 Å². The highest BCUT2D eigenvalue weighted by Gasteiger charge is 2.42. The maximum Gasteiger partial charge on any atom is 0.338 e. The molecule has 1 aliphatic heterocycles. The summed E-state index contributed by atoms with van der Waals surface area (Å²) in [5.74, 6) is -0.969. The summed E-state index contributed by atoms with van der Waals surface area (Å²) in [6.45, 7) is 4.52. The van der Waals surface area contributed by atoms with Crippen molar-refractivity contribution in [3.8, 4) is 0 Å². The van der Waals surface area contributed by atoms with Crippen molar-refractivity contribution in [3.63, 3.8) is 0 Å². The van der Waals surface area contributed by atoms with Crippen molar-refractivity contribution in [1.82, 2.24) is 0 Å². The fourth-order valence-corrected chi connectivity index (χ4v) is 2.11. The Labute approximate surface area is 113 Å². The summed E-state index contributed by atoms with van der Waals surface area (Å²) in [5.41, 5.74) is 0.965. The molecule has 1 saturated heterocycles. The average Bonchev–Trinajstić information content (AvgIpc) is 2.91. The summed E-state index contributed by atoms with van der Waals surface area (Å²) in [5, 5.41) is 0. The molecule has 0 N–H and O–H groups in total. The Hall–Kier alpha value is -1.39. The highest BCUT2D eigenvalue weighted by molar-refractivity contribution is 5.75. The van der Waals surface area contributed by atoms with Crippen LogP contribution in [0.1, 0.15) is 32.3 Å². The van der Waals surface area contributed by atoms with Crippen molar-refractivity contribution in [2.45, 2.75) is 45.2 Å². The van der Waals surface area contributed by atoms with E-state index in [1.165, 1.54) is 0 Å². The van der Waals surface area contributed by atoms with Gasteiger partial charge in [-0.05, 0) is 18.4 Å². The van der Waals surface area contributed by atoms with Gasteiger partial charge in [-0.3, -0.25) is 0 Å². The van der Waals surface area contributed by atoms with Gasteiger partial charge in [0, 0.05) is 0 Å². The molecule has 1 atom stereocenters. The van der Waals surface area contributed by atoms with Crippen LogP contribution in [0, 0.1) is 0 Å². The summed E-state index contributed by atoms with van der Waals surface area (Å²) in [7, 11) is 0. The van der Waals surface area contributed by atoms with Gasteiger partial charge in [0.2, 0.25) is 0 Å². The van der Waals surface area contributed by atoms with Gasteiger partial charge < -0.3 is 14.2 Å². The maximum atomic E-state index is 11.9. The minimum absolute atomic E-state index is 0.269. The van der Waals surface area contributed by atoms with Crippen LogP contribution >= 0.6 is 0 Å². The lowest BCUT2D eigenvalue weighted by molar-refractivity contribution is -0.186. The number of hydrogen-bond acceptors (Lipinski definition) is 4. The molecule has 0 aliphatic carbocycles. The number of carbonyl (C=O) groups excluding carboxylic acids is 1. The molecule has 1 aliphatic rings. The molecule has 0 bridgehead atoms. The van der Waals surface area contributed by atoms with Crippen molar-refractivity contribution in [1.29, 1.82) is 0 Å². The van der Waals surface area contributed by atoms with Crippen LogP contribution in [0.4, 0.5) is 0 Å². The second kappa shape index (κ2) is 6.17. The first-order valence-corrected chi connectivity index (χ1v) is 6.71. The number of esters is 1. The monoisotopic (exact) mass is 264 g/mol. The summed E-state index contributed by atoms with van der Waals surface area (Å²) >= 11 is 0. The third-order valence-electron chi connectivity index (χ3n) is 3.42. The van der Waals surface area contributed by atoms with Gasteiger partial charge in [0.05, 0.1) is 6.61 Å². The molecule has 0 aromatic heterocycles. The molecule has 4 heteroatoms. The lowest BCUT2D eigenvalue weighted by Gasteiger charge is -2.24. The van der Waals surface area contributed by atoms with E-state index in [-0.39, 0.29) is 19.2 Å². The molecule has 1 heterocycles. The Morgan fingerprint density at radius 2 is 2.00 bits per heavy atom. The van der Waals surface area contributed by atoms with E-state index < -0.39 is 11.9 Å². The number of benzene rings is 1. The van der Waals surface area contributed by atoms with E-state index in [1.54, 1.807) is 0 Å². The highest BCUT2D eigenvalue weighted by atomic mass is 16.8. The van der Waals surface area contributed by atoms with Gasteiger partial charge in [0.1, 0.15) is 6.61 Å². The van der Waals surface area contributed by atoms with Gasteiger partial charge in [-0.2, -0.15) is 0 Å². The summed E-state index contributed by atoms with van der Waals surface area (Å²) in [6.07, 6.45) is 0.849. The zero-order chi connectivity index (χ0) is 13.7. The van der Waals surface area contributed by atoms with Gasteiger partial charge >= 0.3 is 5.97 Å². The van der Waals surface area contributed by atoms with Crippen LogP contribution in [0.5, 0.6) is 0 Å². The molecule has 0 amide bonds. The topological polar surface area (TPSA) is 44.8 Å². The lowest BCUT2D eigenvalue weighted by atomic mass is 10.1. The van der Waals surface area contributed by atoms with Crippen molar-refractivity contribution in [2.24, 2.45) is 0 Å². The first-order valence-electron chi connectivity index (χ1n) is 6.71. The first kappa shape index (κ1) is 14.0. The van der Waals surface area contributed by atoms with E-state index in [0.717, 1.165) is 18.4 Å². The van der Waals surface area contributed by atoms with Crippen molar-refractivity contribution in [3.05, 3.63) is 35.9 Å². The zero-order valence-electron chi connectivity index (χ0n) is 11.4. The van der Waals surface area contributed by atoms with Gasteiger partial charge in [0.15, 0.2) is 11.9 Å². The smallest absolute Gasteiger partial charge is 0.338 e. The van der Waals surface area contributed by atoms with Gasteiger partial charge in [-0.15, -0.1) is 0 Å². The molecule has 1 unspecified atom stereocenters. The van der Waals surface area contributed by atoms with E-state index in [0.29, 0.717) is 0 Å². The van der Waals surface area contributed by atoms with Crippen LogP contribution in [0.3, 0.4) is 0 Å². The van der Waals surface area contributed by atoms with Crippen molar-refractivity contribution >= 4 is 5.97 Å². The Balaban J connectivity index is 1.85. The van der Waals surface area contributed by atoms with Gasteiger partial charge in [-0.25, -0.2) is 4.79 Å². The van der Waals surface area contributed by atoms with Crippen LogP contribution in [0.15, 0.2) is 30.3 Å². The molecule has 1 aromatic rings. The second-order valence-corrected chi connectivity index (χ2v) is 4.63. The van der Waals surface area contributed by atoms with Crippen LogP contribution in [-0.4, -0.2) is 24.5 Å². The normalized spacial score (nSPS) is 21.3. The summed E-state index contributed by atoms with van der Waals surface area (Å²) < 4.78 is 16.6. The fourth-order valence-electron chi connectivity index (χ4n) is 2.11. The predicted molar refractivity (Wildman–Crippen MR) is 70.4 cm³/mol. The Morgan fingerprint density at radius 1 is 1.32 bits per heavy atom. The van der Waals surface area contributed by atoms with Crippen LogP contribution in [-0.2, 0) is 25.6 Å². The summed E-state index contributed by atoms with van der Waals surface area (Å²) in [6, 6.07) is 9.59. The Morgan fingerprint density at radius 3 is 2.58 bits per heavy atom. The predicted octanol–water partition coefficient (Wildman–Crippen LogP) is 2.66. The molecule has 19 heavy (non-hydrogen) atoms. The zero-order valence-corrected chi connectivity index (χ0v) is 11.4. The van der Waals surface area contributed by atoms with E-state index in [2.05, 4.69) is 0 Å². The molecule has 1 fully saturated rings. The van der Waals surface area contributed by atoms with E-state index >= 15 is 0 Å². The number of ether oxygens (including phenoxy) is 3. The molecular formula is C15H20O4. The van der Waals surface area contributed by atoms with Crippen LogP contribution < -0.4 is 0 Å². The van der Waals surface area contributed by atoms with E-state index in [9.17, 15) is 4.79 Å². The minimum atomic E-state index is -0.615. The van der Waals surface area contributed by atoms with Crippen molar-refractivity contribution in [2.75, 3.05) is 6.61 Å². The van der Waals surface area contributed by atoms with E-state index in [1.807, 2.05) is 44.2 Å². The summed E-state index contributed by atoms with van der Waals surface area (Å²) in [4.78, 5) is 11.9. The largest absolute Gasteiger partial charge is 0.459 e. The molecule has 0 saturated carbocycles. The molecule has 0 radical (unpaired) electrons. The Kier molecular flexibility index (Phi) is 4.56. The first-order chi connectivity index (χ1) is 9.19. The maximum absolute atomic E-state index is 11.9. The average molecular weight is 264 g/mol. The molecule has 2 rings (SSSR count). The van der Waals surface area contributed by atoms with Crippen molar-refractivity contribution < 1.29 is 19.0 Å². The SMILES string of the molecule is CCC1(CC)OCC(C(=O)OCc2ccccc2)O1. The van der Waals surface area contributed by atoms with E-state index in [4.69, 9.17) is 14.2 Å².